The van der Waals surface area contributed by atoms with E-state index in [1.807, 2.05) is 0 Å². The van der Waals surface area contributed by atoms with Crippen LogP contribution < -0.4 is 5.32 Å². The first kappa shape index (κ1) is 64.6. The Bertz CT molecular complexity index is 1300. The van der Waals surface area contributed by atoms with Crippen LogP contribution in [0.25, 0.3) is 0 Å². The molecular weight excluding hydrogens is 883 g/mol. The number of carbonyl (C=O) groups is 1. The van der Waals surface area contributed by atoms with Gasteiger partial charge in [-0.15, -0.1) is 0 Å². The van der Waals surface area contributed by atoms with Crippen molar-refractivity contribution in [2.75, 3.05) is 13.2 Å². The van der Waals surface area contributed by atoms with E-state index in [1.165, 1.54) is 173 Å². The van der Waals surface area contributed by atoms with E-state index in [4.69, 9.17) is 9.47 Å². The fraction of sp³-hybridized carbons (Fsp3) is 0.909. The Labute approximate surface area is 416 Å². The summed E-state index contributed by atoms with van der Waals surface area (Å²) < 4.78 is 47.9. The number of unbranched alkanes of at least 4 members (excludes halogenated alkanes) is 33. The Balaban J connectivity index is 2.35. The van der Waals surface area contributed by atoms with Gasteiger partial charge in [0.15, 0.2) is 6.29 Å². The van der Waals surface area contributed by atoms with Gasteiger partial charge >= 0.3 is 10.4 Å². The minimum atomic E-state index is -5.08. The third kappa shape index (κ3) is 37.4. The molecule has 402 valence electrons. The molecule has 6 N–H and O–H groups in total. The fourth-order valence-corrected chi connectivity index (χ4v) is 9.65. The molecule has 13 heteroatoms. The maximum atomic E-state index is 13.1. The molecule has 7 unspecified atom stereocenters. The zero-order valence-electron chi connectivity index (χ0n) is 43.4. The molecule has 0 aromatic heterocycles. The molecule has 1 fully saturated rings. The van der Waals surface area contributed by atoms with E-state index in [2.05, 4.69) is 47.7 Å². The highest BCUT2D eigenvalue weighted by Crippen LogP contribution is 2.26. The second kappa shape index (κ2) is 45.4. The summed E-state index contributed by atoms with van der Waals surface area (Å²) in [4.78, 5) is 13.1. The van der Waals surface area contributed by atoms with Crippen LogP contribution in [-0.4, -0.2) is 95.4 Å². The maximum absolute atomic E-state index is 13.1. The first-order valence-electron chi connectivity index (χ1n) is 28.2. The van der Waals surface area contributed by atoms with Crippen molar-refractivity contribution in [1.29, 1.82) is 0 Å². The van der Waals surface area contributed by atoms with Crippen molar-refractivity contribution in [2.45, 2.75) is 307 Å². The molecule has 12 nitrogen and oxygen atoms in total. The second-order valence-corrected chi connectivity index (χ2v) is 20.9. The van der Waals surface area contributed by atoms with Crippen molar-refractivity contribution in [1.82, 2.24) is 5.32 Å². The van der Waals surface area contributed by atoms with E-state index < -0.39 is 59.9 Å². The van der Waals surface area contributed by atoms with E-state index in [0.29, 0.717) is 12.8 Å². The molecule has 0 saturated carbocycles. The SMILES string of the molecule is CCCCCCCCCCC/C=C\C/C=C\CCCCCCCCCCCC(=O)NC(COC1OC(CO)C(O)C(OS(=O)(=O)O)C1O)C(O)CCCCCCCCCCCCCCCCCC. The lowest BCUT2D eigenvalue weighted by Crippen LogP contribution is -2.61. The number of hydrogen-bond acceptors (Lipinski definition) is 10. The molecule has 0 aromatic carbocycles. The molecular formula is C55H105NO11S. The summed E-state index contributed by atoms with van der Waals surface area (Å²) in [5.41, 5.74) is 0. The Morgan fingerprint density at radius 2 is 0.985 bits per heavy atom. The van der Waals surface area contributed by atoms with Crippen LogP contribution in [0.5, 0.6) is 0 Å². The van der Waals surface area contributed by atoms with Gasteiger partial charge in [-0.3, -0.25) is 9.35 Å². The third-order valence-corrected chi connectivity index (χ3v) is 14.0. The summed E-state index contributed by atoms with van der Waals surface area (Å²) in [6, 6.07) is -0.860. The van der Waals surface area contributed by atoms with Crippen molar-refractivity contribution < 1.29 is 51.8 Å². The summed E-state index contributed by atoms with van der Waals surface area (Å²) in [7, 11) is -5.08. The third-order valence-electron chi connectivity index (χ3n) is 13.5. The molecule has 0 spiro atoms. The average Bonchev–Trinajstić information content (AvgIpc) is 3.31. The number of amides is 1. The second-order valence-electron chi connectivity index (χ2n) is 19.9. The summed E-state index contributed by atoms with van der Waals surface area (Å²) in [6.45, 7) is 3.48. The number of aliphatic hydroxyl groups excluding tert-OH is 4. The Morgan fingerprint density at radius 1 is 0.588 bits per heavy atom. The Morgan fingerprint density at radius 3 is 1.40 bits per heavy atom. The molecule has 0 aromatic rings. The van der Waals surface area contributed by atoms with Crippen LogP contribution in [0.15, 0.2) is 24.3 Å². The summed E-state index contributed by atoms with van der Waals surface area (Å²) in [5.74, 6) is -0.231. The number of hydrogen-bond donors (Lipinski definition) is 6. The molecule has 1 aliphatic rings. The lowest BCUT2D eigenvalue weighted by atomic mass is 9.99. The highest BCUT2D eigenvalue weighted by molar-refractivity contribution is 7.80. The average molecular weight is 989 g/mol. The van der Waals surface area contributed by atoms with E-state index >= 15 is 0 Å². The van der Waals surface area contributed by atoms with Gasteiger partial charge in [0.1, 0.15) is 24.4 Å². The van der Waals surface area contributed by atoms with E-state index in [-0.39, 0.29) is 18.9 Å². The van der Waals surface area contributed by atoms with Crippen molar-refractivity contribution >= 4 is 16.3 Å². The molecule has 1 amide bonds. The number of ether oxygens (including phenoxy) is 2. The van der Waals surface area contributed by atoms with E-state index in [9.17, 15) is 38.2 Å². The Kier molecular flexibility index (Phi) is 43.2. The molecule has 7 atom stereocenters. The lowest BCUT2D eigenvalue weighted by Gasteiger charge is -2.41. The van der Waals surface area contributed by atoms with Crippen molar-refractivity contribution in [3.63, 3.8) is 0 Å². The van der Waals surface area contributed by atoms with Crippen LogP contribution in [0, 0.1) is 0 Å². The molecule has 0 bridgehead atoms. The number of aliphatic hydroxyl groups is 4. The van der Waals surface area contributed by atoms with Crippen LogP contribution in [0.4, 0.5) is 0 Å². The number of allylic oxidation sites excluding steroid dienone is 4. The Hall–Kier alpha value is -1.42. The highest BCUT2D eigenvalue weighted by atomic mass is 32.3. The highest BCUT2D eigenvalue weighted by Gasteiger charge is 2.48. The van der Waals surface area contributed by atoms with Crippen LogP contribution in [0.1, 0.15) is 264 Å². The van der Waals surface area contributed by atoms with E-state index in [0.717, 1.165) is 57.8 Å². The van der Waals surface area contributed by atoms with Crippen molar-refractivity contribution in [2.24, 2.45) is 0 Å². The molecule has 1 saturated heterocycles. The molecule has 68 heavy (non-hydrogen) atoms. The first-order chi connectivity index (χ1) is 33.0. The van der Waals surface area contributed by atoms with Gasteiger partial charge in [-0.1, -0.05) is 237 Å². The lowest BCUT2D eigenvalue weighted by molar-refractivity contribution is -0.298. The van der Waals surface area contributed by atoms with E-state index in [1.54, 1.807) is 0 Å². The topological polar surface area (TPSA) is 192 Å². The van der Waals surface area contributed by atoms with Crippen LogP contribution in [0.3, 0.4) is 0 Å². The van der Waals surface area contributed by atoms with Gasteiger partial charge in [-0.25, -0.2) is 4.18 Å². The predicted octanol–water partition coefficient (Wildman–Crippen LogP) is 12.8. The normalized spacial score (nSPS) is 19.9. The molecule has 0 aliphatic carbocycles. The zero-order valence-corrected chi connectivity index (χ0v) is 44.3. The monoisotopic (exact) mass is 988 g/mol. The van der Waals surface area contributed by atoms with Crippen molar-refractivity contribution in [3.05, 3.63) is 24.3 Å². The minimum absolute atomic E-state index is 0.231. The first-order valence-corrected chi connectivity index (χ1v) is 29.6. The summed E-state index contributed by atoms with van der Waals surface area (Å²) in [5, 5.41) is 45.1. The van der Waals surface area contributed by atoms with Crippen LogP contribution >= 0.6 is 0 Å². The zero-order chi connectivity index (χ0) is 49.8. The number of carbonyl (C=O) groups excluding carboxylic acids is 1. The molecule has 0 radical (unpaired) electrons. The van der Waals surface area contributed by atoms with Gasteiger partial charge < -0.3 is 35.2 Å². The number of rotatable bonds is 49. The maximum Gasteiger partial charge on any atom is 0.397 e. The quantitative estimate of drug-likeness (QED) is 0.0193. The van der Waals surface area contributed by atoms with Crippen LogP contribution in [-0.2, 0) is 28.9 Å². The van der Waals surface area contributed by atoms with Gasteiger partial charge in [0.2, 0.25) is 5.91 Å². The van der Waals surface area contributed by atoms with Gasteiger partial charge in [0.05, 0.1) is 25.4 Å². The van der Waals surface area contributed by atoms with Gasteiger partial charge in [-0.05, 0) is 44.9 Å². The standard InChI is InChI=1S/C55H105NO11S/c1-3-5-7-9-11-13-15-17-19-21-22-23-24-25-26-27-28-29-31-33-35-37-39-41-43-45-51(59)56-48(47-65-55-53(61)54(67-68(62,63)64)52(60)50(46-57)66-55)49(58)44-42-40-38-36-34-32-30-20-18-16-14-12-10-8-6-4-2/h22-23,25-26,48-50,52-55,57-58,60-61H,3-21,24,27-47H2,1-2H3,(H,56,59)(H,62,63,64)/b23-22-,26-25-. The van der Waals surface area contributed by atoms with Crippen LogP contribution in [0.2, 0.25) is 0 Å². The number of nitrogens with one attached hydrogen (secondary N) is 1. The summed E-state index contributed by atoms with van der Waals surface area (Å²) in [6.07, 6.45) is 46.1. The van der Waals surface area contributed by atoms with Gasteiger partial charge in [-0.2, -0.15) is 8.42 Å². The molecule has 1 rings (SSSR count). The predicted molar refractivity (Wildman–Crippen MR) is 278 cm³/mol. The smallest absolute Gasteiger partial charge is 0.394 e. The molecule has 1 heterocycles. The molecule has 1 aliphatic heterocycles. The minimum Gasteiger partial charge on any atom is -0.394 e. The van der Waals surface area contributed by atoms with Gasteiger partial charge in [0.25, 0.3) is 0 Å². The largest absolute Gasteiger partial charge is 0.397 e. The summed E-state index contributed by atoms with van der Waals surface area (Å²) >= 11 is 0. The van der Waals surface area contributed by atoms with Gasteiger partial charge in [0, 0.05) is 6.42 Å². The fourth-order valence-electron chi connectivity index (χ4n) is 9.14. The van der Waals surface area contributed by atoms with Crippen molar-refractivity contribution in [3.8, 4) is 0 Å².